The molecule has 0 radical (unpaired) electrons. The van der Waals surface area contributed by atoms with Gasteiger partial charge in [-0.05, 0) is 12.2 Å². The van der Waals surface area contributed by atoms with Gasteiger partial charge in [-0.3, -0.25) is 4.52 Å². The Balaban J connectivity index is 3.90. The molecule has 0 amide bonds. The van der Waals surface area contributed by atoms with E-state index in [2.05, 4.69) is 4.52 Å². The van der Waals surface area contributed by atoms with Gasteiger partial charge in [0.05, 0.1) is 6.61 Å². The van der Waals surface area contributed by atoms with Gasteiger partial charge in [0.2, 0.25) is 0 Å². The molecule has 0 aliphatic heterocycles. The van der Waals surface area contributed by atoms with Crippen LogP contribution in [0, 0.1) is 5.92 Å². The minimum Gasteiger partial charge on any atom is -0.303 e. The second kappa shape index (κ2) is 6.32. The molecule has 80 valence electrons. The van der Waals surface area contributed by atoms with Crippen molar-refractivity contribution in [3.05, 3.63) is 0 Å². The number of phosphoric ester groups is 1. The van der Waals surface area contributed by atoms with E-state index in [0.29, 0.717) is 5.92 Å². The SMILES string of the molecule is CSSC(COP(=O)(O)O)C(C)C. The van der Waals surface area contributed by atoms with E-state index in [1.54, 1.807) is 21.6 Å². The predicted octanol–water partition coefficient (Wildman–Crippen LogP) is 2.13. The predicted molar refractivity (Wildman–Crippen MR) is 57.7 cm³/mol. The van der Waals surface area contributed by atoms with Crippen molar-refractivity contribution < 1.29 is 18.9 Å². The molecule has 0 rings (SSSR count). The van der Waals surface area contributed by atoms with Gasteiger partial charge in [0.1, 0.15) is 0 Å². The first kappa shape index (κ1) is 13.8. The second-order valence-corrected chi connectivity index (χ2v) is 6.78. The lowest BCUT2D eigenvalue weighted by atomic mass is 10.1. The molecule has 0 aromatic rings. The third-order valence-corrected chi connectivity index (χ3v) is 4.29. The monoisotopic (exact) mass is 246 g/mol. The zero-order chi connectivity index (χ0) is 10.5. The van der Waals surface area contributed by atoms with E-state index in [9.17, 15) is 4.57 Å². The van der Waals surface area contributed by atoms with Crippen LogP contribution in [-0.2, 0) is 9.09 Å². The largest absolute Gasteiger partial charge is 0.469 e. The van der Waals surface area contributed by atoms with Crippen molar-refractivity contribution in [3.8, 4) is 0 Å². The van der Waals surface area contributed by atoms with Gasteiger partial charge in [0, 0.05) is 5.25 Å². The van der Waals surface area contributed by atoms with Crippen molar-refractivity contribution in [1.29, 1.82) is 0 Å². The Kier molecular flexibility index (Phi) is 6.72. The van der Waals surface area contributed by atoms with Gasteiger partial charge in [0.15, 0.2) is 0 Å². The van der Waals surface area contributed by atoms with E-state index >= 15 is 0 Å². The van der Waals surface area contributed by atoms with Gasteiger partial charge in [-0.25, -0.2) is 4.57 Å². The van der Waals surface area contributed by atoms with Crippen molar-refractivity contribution in [2.24, 2.45) is 5.92 Å². The third kappa shape index (κ3) is 7.85. The molecule has 0 fully saturated rings. The average molecular weight is 246 g/mol. The summed E-state index contributed by atoms with van der Waals surface area (Å²) in [6.45, 7) is 4.08. The van der Waals surface area contributed by atoms with Crippen LogP contribution in [0.1, 0.15) is 13.8 Å². The van der Waals surface area contributed by atoms with Crippen LogP contribution in [0.2, 0.25) is 0 Å². The van der Waals surface area contributed by atoms with Crippen LogP contribution in [0.3, 0.4) is 0 Å². The van der Waals surface area contributed by atoms with Crippen LogP contribution in [0.5, 0.6) is 0 Å². The molecular formula is C6H15O4PS2. The van der Waals surface area contributed by atoms with Crippen LogP contribution in [0.15, 0.2) is 0 Å². The van der Waals surface area contributed by atoms with Crippen LogP contribution in [-0.4, -0.2) is 27.9 Å². The van der Waals surface area contributed by atoms with E-state index in [-0.39, 0.29) is 11.9 Å². The van der Waals surface area contributed by atoms with E-state index < -0.39 is 7.82 Å². The minimum atomic E-state index is -4.31. The van der Waals surface area contributed by atoms with Crippen molar-refractivity contribution in [1.82, 2.24) is 0 Å². The summed E-state index contributed by atoms with van der Waals surface area (Å²) in [5, 5.41) is 0.114. The molecule has 1 atom stereocenters. The maximum Gasteiger partial charge on any atom is 0.469 e. The molecule has 2 N–H and O–H groups in total. The number of rotatable bonds is 6. The summed E-state index contributed by atoms with van der Waals surface area (Å²) in [4.78, 5) is 17.0. The zero-order valence-electron chi connectivity index (χ0n) is 7.84. The molecule has 7 heteroatoms. The summed E-state index contributed by atoms with van der Waals surface area (Å²) in [7, 11) is -1.16. The van der Waals surface area contributed by atoms with Crippen molar-refractivity contribution in [2.45, 2.75) is 19.1 Å². The molecule has 0 aliphatic carbocycles. The lowest BCUT2D eigenvalue weighted by molar-refractivity contribution is 0.191. The highest BCUT2D eigenvalue weighted by molar-refractivity contribution is 8.76. The summed E-state index contributed by atoms with van der Waals surface area (Å²) in [5.41, 5.74) is 0. The Morgan fingerprint density at radius 3 is 2.31 bits per heavy atom. The van der Waals surface area contributed by atoms with Crippen molar-refractivity contribution in [2.75, 3.05) is 12.9 Å². The highest BCUT2D eigenvalue weighted by atomic mass is 33.1. The van der Waals surface area contributed by atoms with Crippen LogP contribution >= 0.6 is 29.4 Å². The van der Waals surface area contributed by atoms with Gasteiger partial charge < -0.3 is 9.79 Å². The highest BCUT2D eigenvalue weighted by Gasteiger charge is 2.20. The number of hydrogen-bond donors (Lipinski definition) is 2. The second-order valence-electron chi connectivity index (χ2n) is 2.83. The molecule has 0 spiro atoms. The standard InChI is InChI=1S/C6H15O4PS2/c1-5(2)6(13-12-3)4-10-11(7,8)9/h5-6H,4H2,1-3H3,(H2,7,8,9). The molecule has 0 bridgehead atoms. The summed E-state index contributed by atoms with van der Waals surface area (Å²) in [6, 6.07) is 0. The molecule has 0 saturated heterocycles. The highest BCUT2D eigenvalue weighted by Crippen LogP contribution is 2.38. The molecule has 0 aromatic heterocycles. The van der Waals surface area contributed by atoms with E-state index in [0.717, 1.165) is 0 Å². The zero-order valence-corrected chi connectivity index (χ0v) is 10.4. The fourth-order valence-electron chi connectivity index (χ4n) is 0.625. The maximum absolute atomic E-state index is 10.4. The maximum atomic E-state index is 10.4. The number of hydrogen-bond acceptors (Lipinski definition) is 4. The van der Waals surface area contributed by atoms with Gasteiger partial charge >= 0.3 is 7.82 Å². The number of phosphoric acid groups is 1. The Morgan fingerprint density at radius 2 is 2.00 bits per heavy atom. The molecule has 4 nitrogen and oxygen atoms in total. The lowest BCUT2D eigenvalue weighted by Crippen LogP contribution is -2.16. The molecule has 13 heavy (non-hydrogen) atoms. The summed E-state index contributed by atoms with van der Waals surface area (Å²) in [5.74, 6) is 0.337. The first-order valence-corrected chi connectivity index (χ1v) is 7.91. The van der Waals surface area contributed by atoms with Crippen molar-refractivity contribution >= 4 is 29.4 Å². The molecule has 0 aromatic carbocycles. The van der Waals surface area contributed by atoms with E-state index in [1.165, 1.54) is 0 Å². The Morgan fingerprint density at radius 1 is 1.46 bits per heavy atom. The molecule has 1 unspecified atom stereocenters. The van der Waals surface area contributed by atoms with Gasteiger partial charge in [0.25, 0.3) is 0 Å². The fourth-order valence-corrected chi connectivity index (χ4v) is 3.25. The van der Waals surface area contributed by atoms with Crippen LogP contribution in [0.4, 0.5) is 0 Å². The normalized spacial score (nSPS) is 14.9. The first-order valence-electron chi connectivity index (χ1n) is 3.76. The van der Waals surface area contributed by atoms with Crippen LogP contribution < -0.4 is 0 Å². The Hall–Kier alpha value is 0.810. The first-order chi connectivity index (χ1) is 5.87. The van der Waals surface area contributed by atoms with E-state index in [4.69, 9.17) is 9.79 Å². The Bertz CT molecular complexity index is 181. The van der Waals surface area contributed by atoms with Crippen LogP contribution in [0.25, 0.3) is 0 Å². The molecule has 0 heterocycles. The average Bonchev–Trinajstić information content (AvgIpc) is 1.95. The molecular weight excluding hydrogens is 231 g/mol. The summed E-state index contributed by atoms with van der Waals surface area (Å²) in [6.07, 6.45) is 1.93. The summed E-state index contributed by atoms with van der Waals surface area (Å²) >= 11 is 0. The smallest absolute Gasteiger partial charge is 0.303 e. The van der Waals surface area contributed by atoms with Gasteiger partial charge in [-0.15, -0.1) is 0 Å². The topological polar surface area (TPSA) is 66.8 Å². The minimum absolute atomic E-state index is 0.0907. The van der Waals surface area contributed by atoms with E-state index in [1.807, 2.05) is 20.1 Å². The summed E-state index contributed by atoms with van der Waals surface area (Å²) < 4.78 is 14.9. The quantitative estimate of drug-likeness (QED) is 0.553. The lowest BCUT2D eigenvalue weighted by Gasteiger charge is -2.18. The molecule has 0 aliphatic rings. The van der Waals surface area contributed by atoms with Crippen molar-refractivity contribution in [3.63, 3.8) is 0 Å². The fraction of sp³-hybridized carbons (Fsp3) is 1.00. The Labute approximate surface area is 86.5 Å². The molecule has 0 saturated carbocycles. The van der Waals surface area contributed by atoms with Gasteiger partial charge in [-0.2, -0.15) is 0 Å². The van der Waals surface area contributed by atoms with Gasteiger partial charge in [-0.1, -0.05) is 35.4 Å². The third-order valence-electron chi connectivity index (χ3n) is 1.37.